The molecule has 0 radical (unpaired) electrons. The van der Waals surface area contributed by atoms with Crippen molar-refractivity contribution in [3.05, 3.63) is 24.3 Å². The van der Waals surface area contributed by atoms with Crippen LogP contribution in [0.2, 0.25) is 0 Å². The van der Waals surface area contributed by atoms with E-state index in [2.05, 4.69) is 6.58 Å². The minimum Gasteiger partial charge on any atom is -0.481 e. The molecule has 25 heavy (non-hydrogen) atoms. The summed E-state index contributed by atoms with van der Waals surface area (Å²) in [5.41, 5.74) is -3.29. The summed E-state index contributed by atoms with van der Waals surface area (Å²) in [7, 11) is 0. The van der Waals surface area contributed by atoms with Crippen LogP contribution in [0.5, 0.6) is 0 Å². The van der Waals surface area contributed by atoms with Gasteiger partial charge in [0.2, 0.25) is 0 Å². The Morgan fingerprint density at radius 3 is 2.84 bits per heavy atom. The third-order valence-corrected chi connectivity index (χ3v) is 8.12. The minimum absolute atomic E-state index is 0.180. The van der Waals surface area contributed by atoms with E-state index in [1.165, 1.54) is 0 Å². The van der Waals surface area contributed by atoms with Crippen molar-refractivity contribution in [2.24, 2.45) is 28.6 Å². The van der Waals surface area contributed by atoms with Crippen molar-refractivity contribution < 1.29 is 29.6 Å². The highest BCUT2D eigenvalue weighted by Gasteiger charge is 2.83. The molecule has 6 heteroatoms. The highest BCUT2D eigenvalue weighted by atomic mass is 16.6. The van der Waals surface area contributed by atoms with Crippen molar-refractivity contribution in [2.75, 3.05) is 0 Å². The van der Waals surface area contributed by atoms with Gasteiger partial charge in [-0.3, -0.25) is 9.59 Å². The maximum atomic E-state index is 12.7. The molecule has 4 bridgehead atoms. The van der Waals surface area contributed by atoms with E-state index >= 15 is 0 Å². The van der Waals surface area contributed by atoms with Crippen molar-refractivity contribution in [3.8, 4) is 0 Å². The molecule has 1 heterocycles. The largest absolute Gasteiger partial charge is 0.481 e. The summed E-state index contributed by atoms with van der Waals surface area (Å²) in [6.07, 6.45) is 4.11. The summed E-state index contributed by atoms with van der Waals surface area (Å²) in [5.74, 6) is -3.18. The molecule has 3 N–H and O–H groups in total. The van der Waals surface area contributed by atoms with Gasteiger partial charge in [0.1, 0.15) is 11.0 Å². The fourth-order valence-electron chi connectivity index (χ4n) is 7.13. The van der Waals surface area contributed by atoms with Crippen LogP contribution < -0.4 is 0 Å². The molecule has 3 saturated carbocycles. The highest BCUT2D eigenvalue weighted by molar-refractivity contribution is 5.86. The number of esters is 1. The van der Waals surface area contributed by atoms with Crippen molar-refractivity contribution in [2.45, 2.75) is 49.9 Å². The number of carbonyl (C=O) groups is 2. The molecule has 8 atom stereocenters. The van der Waals surface area contributed by atoms with Crippen molar-refractivity contribution in [3.63, 3.8) is 0 Å². The molecule has 0 aromatic rings. The zero-order valence-electron chi connectivity index (χ0n) is 14.1. The van der Waals surface area contributed by atoms with E-state index in [-0.39, 0.29) is 5.92 Å². The third kappa shape index (κ3) is 1.36. The number of aliphatic carboxylic acids is 1. The van der Waals surface area contributed by atoms with Crippen LogP contribution in [0.25, 0.3) is 0 Å². The lowest BCUT2D eigenvalue weighted by atomic mass is 9.61. The average molecular weight is 346 g/mol. The van der Waals surface area contributed by atoms with E-state index in [1.54, 1.807) is 19.1 Å². The molecule has 5 aliphatic rings. The first-order valence-electron chi connectivity index (χ1n) is 8.86. The first kappa shape index (κ1) is 15.6. The van der Waals surface area contributed by atoms with Gasteiger partial charge in [-0.05, 0) is 49.7 Å². The fraction of sp³-hybridized carbons (Fsp3) is 0.684. The molecule has 1 spiro atoms. The maximum absolute atomic E-state index is 12.7. The molecule has 0 aromatic heterocycles. The number of ether oxygens (including phenoxy) is 1. The van der Waals surface area contributed by atoms with Gasteiger partial charge < -0.3 is 20.1 Å². The smallest absolute Gasteiger partial charge is 0.316 e. The van der Waals surface area contributed by atoms with Crippen LogP contribution in [0.4, 0.5) is 0 Å². The monoisotopic (exact) mass is 346 g/mol. The number of hydrogen-bond donors (Lipinski definition) is 3. The van der Waals surface area contributed by atoms with Crippen molar-refractivity contribution in [1.82, 2.24) is 0 Å². The Bertz CT molecular complexity index is 772. The minimum atomic E-state index is -1.27. The summed E-state index contributed by atoms with van der Waals surface area (Å²) in [6.45, 7) is 5.64. The van der Waals surface area contributed by atoms with Crippen molar-refractivity contribution >= 4 is 11.9 Å². The van der Waals surface area contributed by atoms with E-state index in [9.17, 15) is 24.9 Å². The van der Waals surface area contributed by atoms with Crippen LogP contribution in [0, 0.1) is 28.6 Å². The van der Waals surface area contributed by atoms with Crippen LogP contribution in [0.1, 0.15) is 32.6 Å². The van der Waals surface area contributed by atoms with Gasteiger partial charge in [-0.1, -0.05) is 12.7 Å². The van der Waals surface area contributed by atoms with Crippen LogP contribution in [0.3, 0.4) is 0 Å². The standard InChI is InChI=1S/C19H22O6/c1-9-7-17-8-18(9,24)5-3-10(17)19-6-4-11(20)16(2,15(23)25-19)13(19)12(17)14(21)22/h4,6,10-13,20,24H,1,3,5,7-8H2,2H3,(H,21,22)/t10-,11-,12-,13-,16+,17+,18-,19+/m0/s1. The maximum Gasteiger partial charge on any atom is 0.316 e. The molecule has 1 saturated heterocycles. The number of hydrogen-bond acceptors (Lipinski definition) is 5. The quantitative estimate of drug-likeness (QED) is 0.484. The zero-order valence-corrected chi connectivity index (χ0v) is 14.1. The Balaban J connectivity index is 1.78. The van der Waals surface area contributed by atoms with Crippen molar-refractivity contribution in [1.29, 1.82) is 0 Å². The molecule has 6 nitrogen and oxygen atoms in total. The summed E-state index contributed by atoms with van der Waals surface area (Å²) < 4.78 is 5.87. The predicted octanol–water partition coefficient (Wildman–Crippen LogP) is 1.03. The van der Waals surface area contributed by atoms with Gasteiger partial charge in [-0.2, -0.15) is 0 Å². The van der Waals surface area contributed by atoms with E-state index in [0.717, 1.165) is 0 Å². The molecule has 0 unspecified atom stereocenters. The Morgan fingerprint density at radius 1 is 1.44 bits per heavy atom. The topological polar surface area (TPSA) is 104 Å². The SMILES string of the molecule is C=C1C[C@@]23C[C@@]1(O)CC[C@@H]2[C@@]12C=C[C@H](O)[C@@](C)(C(=O)O1)[C@@H]2[C@H]3C(=O)O. The molecule has 5 rings (SSSR count). The van der Waals surface area contributed by atoms with E-state index in [4.69, 9.17) is 4.74 Å². The molecule has 4 aliphatic carbocycles. The molecular weight excluding hydrogens is 324 g/mol. The Kier molecular flexibility index (Phi) is 2.50. The fourth-order valence-corrected chi connectivity index (χ4v) is 7.13. The molecule has 1 aliphatic heterocycles. The van der Waals surface area contributed by atoms with E-state index < -0.39 is 51.9 Å². The first-order chi connectivity index (χ1) is 11.6. The van der Waals surface area contributed by atoms with Gasteiger partial charge in [0, 0.05) is 11.8 Å². The number of rotatable bonds is 1. The lowest BCUT2D eigenvalue weighted by molar-refractivity contribution is -0.163. The number of carbonyl (C=O) groups excluding carboxylic acids is 1. The molecule has 134 valence electrons. The van der Waals surface area contributed by atoms with Gasteiger partial charge >= 0.3 is 11.9 Å². The van der Waals surface area contributed by atoms with Gasteiger partial charge in [0.05, 0.1) is 17.6 Å². The summed E-state index contributed by atoms with van der Waals surface area (Å²) >= 11 is 0. The number of carboxylic acid groups (broad SMARTS) is 1. The number of carboxylic acids is 1. The van der Waals surface area contributed by atoms with Gasteiger partial charge in [0.25, 0.3) is 0 Å². The predicted molar refractivity (Wildman–Crippen MR) is 85.2 cm³/mol. The first-order valence-corrected chi connectivity index (χ1v) is 8.86. The van der Waals surface area contributed by atoms with Crippen LogP contribution in [-0.2, 0) is 14.3 Å². The number of aliphatic hydroxyl groups excluding tert-OH is 1. The number of fused-ring (bicyclic) bond motifs is 1. The Morgan fingerprint density at radius 2 is 2.16 bits per heavy atom. The second-order valence-corrected chi connectivity index (χ2v) is 8.94. The Hall–Kier alpha value is -1.66. The van der Waals surface area contributed by atoms with Crippen LogP contribution in [0.15, 0.2) is 24.3 Å². The molecule has 0 aromatic carbocycles. The molecule has 4 fully saturated rings. The van der Waals surface area contributed by atoms with Gasteiger partial charge in [0.15, 0.2) is 0 Å². The lowest BCUT2D eigenvalue weighted by Gasteiger charge is -2.44. The second-order valence-electron chi connectivity index (χ2n) is 8.94. The third-order valence-electron chi connectivity index (χ3n) is 8.12. The Labute approximate surface area is 145 Å². The summed E-state index contributed by atoms with van der Waals surface area (Å²) in [5, 5.41) is 31.6. The summed E-state index contributed by atoms with van der Waals surface area (Å²) in [6, 6.07) is 0. The summed E-state index contributed by atoms with van der Waals surface area (Å²) in [4.78, 5) is 25.1. The van der Waals surface area contributed by atoms with Crippen LogP contribution >= 0.6 is 0 Å². The van der Waals surface area contributed by atoms with E-state index in [1.807, 2.05) is 0 Å². The van der Waals surface area contributed by atoms with E-state index in [0.29, 0.717) is 31.3 Å². The zero-order chi connectivity index (χ0) is 18.0. The highest BCUT2D eigenvalue weighted by Crippen LogP contribution is 2.77. The van der Waals surface area contributed by atoms with Crippen LogP contribution in [-0.4, -0.2) is 44.6 Å². The lowest BCUT2D eigenvalue weighted by Crippen LogP contribution is -2.50. The molecular formula is C19H22O6. The average Bonchev–Trinajstić information content (AvgIpc) is 2.95. The van der Waals surface area contributed by atoms with Gasteiger partial charge in [-0.15, -0.1) is 0 Å². The van der Waals surface area contributed by atoms with Gasteiger partial charge in [-0.25, -0.2) is 0 Å². The molecule has 0 amide bonds. The number of aliphatic hydroxyl groups is 2. The second kappa shape index (κ2) is 4.01. The normalized spacial score (nSPS) is 58.0.